The second-order valence-corrected chi connectivity index (χ2v) is 6.37. The maximum atomic E-state index is 11.7. The second kappa shape index (κ2) is 4.85. The highest BCUT2D eigenvalue weighted by Crippen LogP contribution is 2.35. The van der Waals surface area contributed by atoms with Gasteiger partial charge in [0, 0.05) is 11.2 Å². The number of amides is 1. The number of carbonyl (C=O) groups excluding carboxylic acids is 1. The van der Waals surface area contributed by atoms with Crippen LogP contribution in [0.15, 0.2) is 24.3 Å². The van der Waals surface area contributed by atoms with Crippen molar-refractivity contribution in [1.82, 2.24) is 0 Å². The molecule has 0 aliphatic heterocycles. The van der Waals surface area contributed by atoms with Gasteiger partial charge in [0.05, 0.1) is 0 Å². The highest BCUT2D eigenvalue weighted by atomic mass is 16.6. The first-order chi connectivity index (χ1) is 8.76. The predicted octanol–water partition coefficient (Wildman–Crippen LogP) is 3.07. The van der Waals surface area contributed by atoms with Crippen molar-refractivity contribution < 1.29 is 9.53 Å². The molecule has 0 bridgehead atoms. The van der Waals surface area contributed by atoms with Gasteiger partial charge in [0.1, 0.15) is 5.60 Å². The number of rotatable bonds is 3. The fraction of sp³-hybridized carbons (Fsp3) is 0.533. The first-order valence-electron chi connectivity index (χ1n) is 6.64. The molecule has 4 nitrogen and oxygen atoms in total. The van der Waals surface area contributed by atoms with Crippen LogP contribution in [0.4, 0.5) is 10.5 Å². The van der Waals surface area contributed by atoms with Crippen LogP contribution in [-0.2, 0) is 11.2 Å². The Hall–Kier alpha value is -1.55. The van der Waals surface area contributed by atoms with Crippen LogP contribution in [0, 0.1) is 0 Å². The van der Waals surface area contributed by atoms with Gasteiger partial charge in [0.2, 0.25) is 0 Å². The Kier molecular flexibility index (Phi) is 3.54. The highest BCUT2D eigenvalue weighted by Gasteiger charge is 2.37. The molecule has 1 aromatic carbocycles. The molecule has 19 heavy (non-hydrogen) atoms. The van der Waals surface area contributed by atoms with Gasteiger partial charge in [-0.25, -0.2) is 4.79 Å². The number of carbonyl (C=O) groups is 1. The van der Waals surface area contributed by atoms with E-state index in [4.69, 9.17) is 10.5 Å². The van der Waals surface area contributed by atoms with Crippen molar-refractivity contribution in [2.24, 2.45) is 5.73 Å². The van der Waals surface area contributed by atoms with E-state index in [1.807, 2.05) is 45.0 Å². The molecule has 0 saturated heterocycles. The quantitative estimate of drug-likeness (QED) is 0.880. The Morgan fingerprint density at radius 3 is 2.68 bits per heavy atom. The minimum Gasteiger partial charge on any atom is -0.444 e. The van der Waals surface area contributed by atoms with Crippen molar-refractivity contribution in [3.05, 3.63) is 29.8 Å². The minimum absolute atomic E-state index is 0.0233. The van der Waals surface area contributed by atoms with Gasteiger partial charge in [-0.15, -0.1) is 0 Å². The van der Waals surface area contributed by atoms with Crippen LogP contribution in [0.3, 0.4) is 0 Å². The zero-order chi connectivity index (χ0) is 14.1. The van der Waals surface area contributed by atoms with Crippen LogP contribution < -0.4 is 11.1 Å². The Morgan fingerprint density at radius 1 is 1.42 bits per heavy atom. The van der Waals surface area contributed by atoms with Gasteiger partial charge in [0.25, 0.3) is 0 Å². The first-order valence-corrected chi connectivity index (χ1v) is 6.64. The maximum Gasteiger partial charge on any atom is 0.412 e. The molecule has 2 rings (SSSR count). The molecule has 104 valence electrons. The Bertz CT molecular complexity index is 473. The average Bonchev–Trinajstić information content (AvgIpc) is 2.93. The molecule has 0 radical (unpaired) electrons. The number of ether oxygens (including phenoxy) is 1. The Morgan fingerprint density at radius 2 is 2.11 bits per heavy atom. The standard InChI is InChI=1S/C15H22N2O2/c1-14(2,3)19-13(18)17-12-6-4-5-11(9-12)10-15(16)7-8-15/h4-6,9H,7-8,10,16H2,1-3H3,(H,17,18). The fourth-order valence-electron chi connectivity index (χ4n) is 1.92. The lowest BCUT2D eigenvalue weighted by molar-refractivity contribution is 0.0636. The van der Waals surface area contributed by atoms with Gasteiger partial charge in [-0.3, -0.25) is 5.32 Å². The molecule has 1 saturated carbocycles. The molecule has 0 unspecified atom stereocenters. The van der Waals surface area contributed by atoms with Crippen LogP contribution in [0.25, 0.3) is 0 Å². The number of anilines is 1. The molecule has 3 N–H and O–H groups in total. The minimum atomic E-state index is -0.489. The number of hydrogen-bond acceptors (Lipinski definition) is 3. The maximum absolute atomic E-state index is 11.7. The van der Waals surface area contributed by atoms with Gasteiger partial charge in [-0.1, -0.05) is 12.1 Å². The number of benzene rings is 1. The highest BCUT2D eigenvalue weighted by molar-refractivity contribution is 5.84. The third-order valence-corrected chi connectivity index (χ3v) is 3.02. The van der Waals surface area contributed by atoms with Gasteiger partial charge in [-0.05, 0) is 57.7 Å². The summed E-state index contributed by atoms with van der Waals surface area (Å²) < 4.78 is 5.22. The van der Waals surface area contributed by atoms with E-state index < -0.39 is 11.7 Å². The summed E-state index contributed by atoms with van der Waals surface area (Å²) in [6.07, 6.45) is 2.59. The zero-order valence-corrected chi connectivity index (χ0v) is 11.8. The molecule has 0 heterocycles. The Balaban J connectivity index is 1.97. The number of nitrogens with one attached hydrogen (secondary N) is 1. The first kappa shape index (κ1) is 13.9. The van der Waals surface area contributed by atoms with E-state index in [2.05, 4.69) is 5.32 Å². The van der Waals surface area contributed by atoms with Gasteiger partial charge >= 0.3 is 6.09 Å². The van der Waals surface area contributed by atoms with Crippen molar-refractivity contribution in [3.63, 3.8) is 0 Å². The summed E-state index contributed by atoms with van der Waals surface area (Å²) in [7, 11) is 0. The lowest BCUT2D eigenvalue weighted by Crippen LogP contribution is -2.27. The van der Waals surface area contributed by atoms with Gasteiger partial charge in [-0.2, -0.15) is 0 Å². The summed E-state index contributed by atoms with van der Waals surface area (Å²) >= 11 is 0. The zero-order valence-electron chi connectivity index (χ0n) is 11.8. The van der Waals surface area contributed by atoms with Crippen LogP contribution >= 0.6 is 0 Å². The summed E-state index contributed by atoms with van der Waals surface area (Å²) in [6, 6.07) is 7.77. The predicted molar refractivity (Wildman–Crippen MR) is 76.2 cm³/mol. The number of hydrogen-bond donors (Lipinski definition) is 2. The van der Waals surface area contributed by atoms with Crippen molar-refractivity contribution >= 4 is 11.8 Å². The summed E-state index contributed by atoms with van der Waals surface area (Å²) in [5, 5.41) is 2.74. The molecule has 1 amide bonds. The summed E-state index contributed by atoms with van der Waals surface area (Å²) in [5.41, 5.74) is 7.48. The molecule has 0 aromatic heterocycles. The monoisotopic (exact) mass is 262 g/mol. The molecule has 1 fully saturated rings. The van der Waals surface area contributed by atoms with Crippen molar-refractivity contribution in [1.29, 1.82) is 0 Å². The second-order valence-electron chi connectivity index (χ2n) is 6.37. The van der Waals surface area contributed by atoms with E-state index in [9.17, 15) is 4.79 Å². The Labute approximate surface area is 114 Å². The molecule has 1 aromatic rings. The van der Waals surface area contributed by atoms with Crippen molar-refractivity contribution in [3.8, 4) is 0 Å². The molecule has 1 aliphatic carbocycles. The molecule has 0 atom stereocenters. The molecule has 0 spiro atoms. The van der Waals surface area contributed by atoms with Crippen LogP contribution in [0.2, 0.25) is 0 Å². The van der Waals surface area contributed by atoms with Crippen molar-refractivity contribution in [2.75, 3.05) is 5.32 Å². The summed E-state index contributed by atoms with van der Waals surface area (Å²) in [5.74, 6) is 0. The van der Waals surface area contributed by atoms with Crippen LogP contribution in [0.5, 0.6) is 0 Å². The molecule has 4 heteroatoms. The molecule has 1 aliphatic rings. The normalized spacial score (nSPS) is 16.8. The van der Waals surface area contributed by atoms with Crippen LogP contribution in [-0.4, -0.2) is 17.2 Å². The van der Waals surface area contributed by atoms with Gasteiger partial charge in [0.15, 0.2) is 0 Å². The molecular weight excluding hydrogens is 240 g/mol. The summed E-state index contributed by atoms with van der Waals surface area (Å²) in [4.78, 5) is 11.7. The van der Waals surface area contributed by atoms with E-state index >= 15 is 0 Å². The van der Waals surface area contributed by atoms with Gasteiger partial charge < -0.3 is 10.5 Å². The average molecular weight is 262 g/mol. The van der Waals surface area contributed by atoms with Crippen LogP contribution in [0.1, 0.15) is 39.2 Å². The third kappa shape index (κ3) is 4.56. The molecular formula is C15H22N2O2. The summed E-state index contributed by atoms with van der Waals surface area (Å²) in [6.45, 7) is 5.52. The largest absolute Gasteiger partial charge is 0.444 e. The van der Waals surface area contributed by atoms with Crippen molar-refractivity contribution in [2.45, 2.75) is 51.2 Å². The van der Waals surface area contributed by atoms with E-state index in [1.54, 1.807) is 0 Å². The third-order valence-electron chi connectivity index (χ3n) is 3.02. The van der Waals surface area contributed by atoms with E-state index in [0.29, 0.717) is 0 Å². The SMILES string of the molecule is CC(C)(C)OC(=O)Nc1cccc(CC2(N)CC2)c1. The lowest BCUT2D eigenvalue weighted by Gasteiger charge is -2.20. The smallest absolute Gasteiger partial charge is 0.412 e. The van der Waals surface area contributed by atoms with E-state index in [1.165, 1.54) is 0 Å². The lowest BCUT2D eigenvalue weighted by atomic mass is 10.0. The van der Waals surface area contributed by atoms with E-state index in [-0.39, 0.29) is 5.54 Å². The fourth-order valence-corrected chi connectivity index (χ4v) is 1.92. The van der Waals surface area contributed by atoms with E-state index in [0.717, 1.165) is 30.5 Å². The topological polar surface area (TPSA) is 64.3 Å². The number of nitrogens with two attached hydrogens (primary N) is 1.